The number of fused-ring (bicyclic) bond motifs is 1. The molecule has 3 rings (SSSR count). The van der Waals surface area contributed by atoms with Gasteiger partial charge in [0.25, 0.3) is 0 Å². The molecule has 0 atom stereocenters. The van der Waals surface area contributed by atoms with Crippen molar-refractivity contribution >= 4 is 46.5 Å². The van der Waals surface area contributed by atoms with E-state index in [1.54, 1.807) is 32.9 Å². The van der Waals surface area contributed by atoms with Crippen LogP contribution in [-0.4, -0.2) is 41.4 Å². The minimum absolute atomic E-state index is 0.0702. The van der Waals surface area contributed by atoms with Gasteiger partial charge in [0, 0.05) is 25.7 Å². The fourth-order valence-electron chi connectivity index (χ4n) is 3.19. The number of thiophene rings is 1. The number of nitrogens with one attached hydrogen (secondary N) is 2. The van der Waals surface area contributed by atoms with Crippen molar-refractivity contribution in [3.8, 4) is 5.06 Å². The summed E-state index contributed by atoms with van der Waals surface area (Å²) in [7, 11) is 0. The molecule has 0 saturated heterocycles. The SMILES string of the molecule is CC(=O)N1CCc2ccc(NC(=O)C(C)(C)NC(=O)Oc3ccc(Cl)s3)cc2CC1. The van der Waals surface area contributed by atoms with Crippen molar-refractivity contribution in [1.29, 1.82) is 0 Å². The fourth-order valence-corrected chi connectivity index (χ4v) is 4.06. The van der Waals surface area contributed by atoms with E-state index < -0.39 is 11.6 Å². The van der Waals surface area contributed by atoms with E-state index in [0.29, 0.717) is 28.2 Å². The number of hydrogen-bond acceptors (Lipinski definition) is 5. The summed E-state index contributed by atoms with van der Waals surface area (Å²) in [4.78, 5) is 38.4. The molecule has 3 amide bonds. The maximum atomic E-state index is 12.8. The molecule has 2 heterocycles. The van der Waals surface area contributed by atoms with Crippen LogP contribution in [0.1, 0.15) is 31.9 Å². The normalized spacial score (nSPS) is 13.8. The van der Waals surface area contributed by atoms with Crippen molar-refractivity contribution in [2.24, 2.45) is 0 Å². The highest BCUT2D eigenvalue weighted by Gasteiger charge is 2.31. The summed E-state index contributed by atoms with van der Waals surface area (Å²) in [5.41, 5.74) is 1.73. The molecule has 7 nitrogen and oxygen atoms in total. The Labute approximate surface area is 184 Å². The van der Waals surface area contributed by atoms with Crippen molar-refractivity contribution in [2.45, 2.75) is 39.2 Å². The zero-order chi connectivity index (χ0) is 21.9. The van der Waals surface area contributed by atoms with E-state index in [0.717, 1.165) is 29.7 Å². The molecular weight excluding hydrogens is 426 g/mol. The standard InChI is InChI=1S/C21H24ClN3O4S/c1-13(26)25-10-8-14-4-5-16(12-15(14)9-11-25)23-19(27)21(2,3)24-20(28)29-18-7-6-17(22)30-18/h4-7,12H,8-11H2,1-3H3,(H,23,27)(H,24,28). The maximum Gasteiger partial charge on any atom is 0.414 e. The first-order valence-electron chi connectivity index (χ1n) is 9.58. The maximum absolute atomic E-state index is 12.8. The molecule has 0 unspecified atom stereocenters. The molecule has 2 aromatic rings. The molecule has 1 aliphatic heterocycles. The Morgan fingerprint density at radius 2 is 1.80 bits per heavy atom. The summed E-state index contributed by atoms with van der Waals surface area (Å²) in [5.74, 6) is -0.302. The topological polar surface area (TPSA) is 87.7 Å². The Balaban J connectivity index is 1.62. The zero-order valence-corrected chi connectivity index (χ0v) is 18.7. The van der Waals surface area contributed by atoms with E-state index in [9.17, 15) is 14.4 Å². The van der Waals surface area contributed by atoms with Gasteiger partial charge in [0.15, 0.2) is 5.06 Å². The van der Waals surface area contributed by atoms with Gasteiger partial charge in [0.1, 0.15) is 5.54 Å². The predicted octanol–water partition coefficient (Wildman–Crippen LogP) is 3.85. The van der Waals surface area contributed by atoms with Crippen LogP contribution in [0.25, 0.3) is 0 Å². The molecule has 0 spiro atoms. The third-order valence-electron chi connectivity index (χ3n) is 4.94. The van der Waals surface area contributed by atoms with Crippen molar-refractivity contribution in [3.63, 3.8) is 0 Å². The van der Waals surface area contributed by atoms with Crippen LogP contribution >= 0.6 is 22.9 Å². The van der Waals surface area contributed by atoms with E-state index in [1.165, 1.54) is 5.56 Å². The molecule has 1 aromatic heterocycles. The van der Waals surface area contributed by atoms with Crippen molar-refractivity contribution in [2.75, 3.05) is 18.4 Å². The molecule has 2 N–H and O–H groups in total. The van der Waals surface area contributed by atoms with E-state index in [-0.39, 0.29) is 11.8 Å². The van der Waals surface area contributed by atoms with Crippen LogP contribution in [0.3, 0.4) is 0 Å². The number of rotatable bonds is 4. The number of hydrogen-bond donors (Lipinski definition) is 2. The molecule has 0 saturated carbocycles. The molecule has 160 valence electrons. The highest BCUT2D eigenvalue weighted by Crippen LogP contribution is 2.28. The van der Waals surface area contributed by atoms with E-state index in [2.05, 4.69) is 10.6 Å². The molecule has 0 bridgehead atoms. The lowest BCUT2D eigenvalue weighted by Gasteiger charge is -2.24. The summed E-state index contributed by atoms with van der Waals surface area (Å²) >= 11 is 6.95. The minimum Gasteiger partial charge on any atom is -0.399 e. The molecule has 0 aliphatic carbocycles. The Kier molecular flexibility index (Phi) is 6.67. The van der Waals surface area contributed by atoms with Crippen LogP contribution in [0.2, 0.25) is 4.34 Å². The third kappa shape index (κ3) is 5.52. The van der Waals surface area contributed by atoms with Crippen LogP contribution in [-0.2, 0) is 22.4 Å². The molecule has 1 aromatic carbocycles. The van der Waals surface area contributed by atoms with Gasteiger partial charge in [-0.1, -0.05) is 29.0 Å². The van der Waals surface area contributed by atoms with Gasteiger partial charge in [-0.2, -0.15) is 0 Å². The molecular formula is C21H24ClN3O4S. The predicted molar refractivity (Wildman–Crippen MR) is 117 cm³/mol. The van der Waals surface area contributed by atoms with Crippen LogP contribution in [0.4, 0.5) is 10.5 Å². The lowest BCUT2D eigenvalue weighted by Crippen LogP contribution is -2.53. The number of carbonyl (C=O) groups is 3. The van der Waals surface area contributed by atoms with Gasteiger partial charge < -0.3 is 20.3 Å². The highest BCUT2D eigenvalue weighted by atomic mass is 35.5. The number of nitrogens with zero attached hydrogens (tertiary/aromatic N) is 1. The first-order chi connectivity index (χ1) is 14.1. The summed E-state index contributed by atoms with van der Waals surface area (Å²) in [6.45, 7) is 6.13. The third-order valence-corrected chi connectivity index (χ3v) is 6.04. The van der Waals surface area contributed by atoms with Crippen molar-refractivity contribution in [1.82, 2.24) is 10.2 Å². The highest BCUT2D eigenvalue weighted by molar-refractivity contribution is 7.17. The Bertz CT molecular complexity index is 973. The number of benzene rings is 1. The van der Waals surface area contributed by atoms with Crippen LogP contribution in [0.5, 0.6) is 5.06 Å². The van der Waals surface area contributed by atoms with Crippen LogP contribution in [0, 0.1) is 0 Å². The fraction of sp³-hybridized carbons (Fsp3) is 0.381. The Hall–Kier alpha value is -2.58. The lowest BCUT2D eigenvalue weighted by molar-refractivity contribution is -0.128. The molecule has 9 heteroatoms. The summed E-state index contributed by atoms with van der Waals surface area (Å²) < 4.78 is 5.67. The number of ether oxygens (including phenoxy) is 1. The Morgan fingerprint density at radius 1 is 1.10 bits per heavy atom. The van der Waals surface area contributed by atoms with Gasteiger partial charge in [0.05, 0.1) is 4.34 Å². The quantitative estimate of drug-likeness (QED) is 0.742. The minimum atomic E-state index is -1.20. The first-order valence-corrected chi connectivity index (χ1v) is 10.8. The van der Waals surface area contributed by atoms with E-state index in [1.807, 2.05) is 23.1 Å². The Morgan fingerprint density at radius 3 is 2.43 bits per heavy atom. The zero-order valence-electron chi connectivity index (χ0n) is 17.1. The van der Waals surface area contributed by atoms with E-state index in [4.69, 9.17) is 16.3 Å². The molecule has 0 radical (unpaired) electrons. The molecule has 30 heavy (non-hydrogen) atoms. The van der Waals surface area contributed by atoms with Gasteiger partial charge in [0.2, 0.25) is 11.8 Å². The van der Waals surface area contributed by atoms with Crippen LogP contribution in [0.15, 0.2) is 30.3 Å². The molecule has 0 fully saturated rings. The monoisotopic (exact) mass is 449 g/mol. The van der Waals surface area contributed by atoms with Gasteiger partial charge in [-0.05, 0) is 62.1 Å². The van der Waals surface area contributed by atoms with Crippen molar-refractivity contribution in [3.05, 3.63) is 45.8 Å². The second-order valence-electron chi connectivity index (χ2n) is 7.64. The van der Waals surface area contributed by atoms with Crippen LogP contribution < -0.4 is 15.4 Å². The number of anilines is 1. The molecule has 1 aliphatic rings. The summed E-state index contributed by atoms with van der Waals surface area (Å²) in [6, 6.07) is 8.95. The van der Waals surface area contributed by atoms with Gasteiger partial charge in [-0.15, -0.1) is 0 Å². The average Bonchev–Trinajstić information content (AvgIpc) is 2.94. The van der Waals surface area contributed by atoms with Gasteiger partial charge in [-0.3, -0.25) is 9.59 Å². The number of amides is 3. The largest absolute Gasteiger partial charge is 0.414 e. The van der Waals surface area contributed by atoms with E-state index >= 15 is 0 Å². The smallest absolute Gasteiger partial charge is 0.399 e. The average molecular weight is 450 g/mol. The number of halogens is 1. The van der Waals surface area contributed by atoms with Crippen molar-refractivity contribution < 1.29 is 19.1 Å². The van der Waals surface area contributed by atoms with Gasteiger partial charge >= 0.3 is 6.09 Å². The lowest BCUT2D eigenvalue weighted by atomic mass is 10.0. The summed E-state index contributed by atoms with van der Waals surface area (Å²) in [6.07, 6.45) is 0.782. The second-order valence-corrected chi connectivity index (χ2v) is 9.32. The first kappa shape index (κ1) is 22.1. The second kappa shape index (κ2) is 9.06. The van der Waals surface area contributed by atoms with Gasteiger partial charge in [-0.25, -0.2) is 4.79 Å². The number of carbonyl (C=O) groups excluding carboxylic acids is 3. The summed E-state index contributed by atoms with van der Waals surface area (Å²) in [5, 5.41) is 5.77.